The number of halogens is 4. The molecule has 0 saturated carbocycles. The molecular formula is C23H24F4N4O4S. The first kappa shape index (κ1) is 27.1. The lowest BCUT2D eigenvalue weighted by Crippen LogP contribution is -2.37. The van der Waals surface area contributed by atoms with E-state index in [2.05, 4.69) is 21.6 Å². The Balaban J connectivity index is 1.75. The summed E-state index contributed by atoms with van der Waals surface area (Å²) in [7, 11) is -3.72. The van der Waals surface area contributed by atoms with Gasteiger partial charge in [-0.15, -0.1) is 0 Å². The maximum Gasteiger partial charge on any atom is 0.433 e. The highest BCUT2D eigenvalue weighted by Crippen LogP contribution is 2.31. The van der Waals surface area contributed by atoms with Crippen molar-refractivity contribution in [3.05, 3.63) is 65.1 Å². The molecule has 1 saturated heterocycles. The second kappa shape index (κ2) is 11.1. The Morgan fingerprint density at radius 2 is 1.92 bits per heavy atom. The summed E-state index contributed by atoms with van der Waals surface area (Å²) in [5.41, 5.74) is -0.455. The summed E-state index contributed by atoms with van der Waals surface area (Å²) in [5.74, 6) is -1.34. The van der Waals surface area contributed by atoms with Crippen LogP contribution in [-0.2, 0) is 32.3 Å². The summed E-state index contributed by atoms with van der Waals surface area (Å²) < 4.78 is 84.2. The van der Waals surface area contributed by atoms with Crippen LogP contribution < -0.4 is 14.9 Å². The van der Waals surface area contributed by atoms with Crippen molar-refractivity contribution in [3.8, 4) is 0 Å². The number of anilines is 2. The summed E-state index contributed by atoms with van der Waals surface area (Å²) in [6.45, 7) is 4.82. The van der Waals surface area contributed by atoms with Crippen molar-refractivity contribution in [1.82, 2.24) is 10.3 Å². The third-order valence-corrected chi connectivity index (χ3v) is 5.65. The number of carbonyl (C=O) groups excluding carboxylic acids is 1. The van der Waals surface area contributed by atoms with Crippen LogP contribution in [0.1, 0.15) is 22.4 Å². The maximum atomic E-state index is 14.5. The molecule has 3 rings (SSSR count). The molecule has 1 amide bonds. The molecular weight excluding hydrogens is 504 g/mol. The summed E-state index contributed by atoms with van der Waals surface area (Å²) in [6, 6.07) is 4.61. The van der Waals surface area contributed by atoms with Crippen LogP contribution in [0.25, 0.3) is 12.2 Å². The Labute approximate surface area is 205 Å². The first-order chi connectivity index (χ1) is 16.9. The van der Waals surface area contributed by atoms with Crippen LogP contribution in [0.15, 0.2) is 36.9 Å². The molecule has 1 aliphatic heterocycles. The first-order valence-corrected chi connectivity index (χ1v) is 12.6. The maximum absolute atomic E-state index is 14.5. The number of nitrogens with zero attached hydrogens (tertiary/aromatic N) is 2. The second-order valence-corrected chi connectivity index (χ2v) is 9.63. The van der Waals surface area contributed by atoms with Crippen molar-refractivity contribution in [2.45, 2.75) is 12.7 Å². The number of benzene rings is 1. The van der Waals surface area contributed by atoms with Crippen LogP contribution in [0.4, 0.5) is 29.1 Å². The fourth-order valence-corrected chi connectivity index (χ4v) is 4.02. The van der Waals surface area contributed by atoms with Crippen molar-refractivity contribution in [2.75, 3.05) is 42.2 Å². The number of carbonyl (C=O) groups is 1. The van der Waals surface area contributed by atoms with Crippen LogP contribution in [0.5, 0.6) is 0 Å². The molecule has 1 aliphatic rings. The number of rotatable bonds is 8. The predicted molar refractivity (Wildman–Crippen MR) is 128 cm³/mol. The largest absolute Gasteiger partial charge is 0.433 e. The fourth-order valence-electron chi connectivity index (χ4n) is 3.43. The van der Waals surface area contributed by atoms with Crippen molar-refractivity contribution >= 4 is 39.6 Å². The molecule has 0 bridgehead atoms. The molecule has 1 aromatic heterocycles. The minimum atomic E-state index is -4.62. The first-order valence-electron chi connectivity index (χ1n) is 10.7. The number of morpholine rings is 1. The van der Waals surface area contributed by atoms with Gasteiger partial charge in [-0.2, -0.15) is 13.2 Å². The number of ether oxygens (including phenoxy) is 1. The van der Waals surface area contributed by atoms with Crippen molar-refractivity contribution in [2.24, 2.45) is 0 Å². The molecule has 8 nitrogen and oxygen atoms in total. The Hall–Kier alpha value is -3.45. The molecule has 2 aromatic rings. The topological polar surface area (TPSA) is 101 Å². The van der Waals surface area contributed by atoms with Gasteiger partial charge in [-0.25, -0.2) is 17.8 Å². The second-order valence-electron chi connectivity index (χ2n) is 7.88. The van der Waals surface area contributed by atoms with E-state index in [1.54, 1.807) is 4.90 Å². The van der Waals surface area contributed by atoms with E-state index in [1.807, 2.05) is 0 Å². The highest BCUT2D eigenvalue weighted by molar-refractivity contribution is 7.92. The number of pyridine rings is 1. The molecule has 0 unspecified atom stereocenters. The van der Waals surface area contributed by atoms with Crippen LogP contribution >= 0.6 is 0 Å². The average molecular weight is 529 g/mol. The van der Waals surface area contributed by atoms with Gasteiger partial charge in [0.25, 0.3) is 0 Å². The number of alkyl halides is 3. The summed E-state index contributed by atoms with van der Waals surface area (Å²) >= 11 is 0. The predicted octanol–water partition coefficient (Wildman–Crippen LogP) is 3.42. The fraction of sp³-hybridized carbons (Fsp3) is 0.304. The number of amides is 1. The smallest absolute Gasteiger partial charge is 0.378 e. The van der Waals surface area contributed by atoms with E-state index < -0.39 is 33.6 Å². The minimum absolute atomic E-state index is 0.0869. The minimum Gasteiger partial charge on any atom is -0.378 e. The molecule has 2 heterocycles. The van der Waals surface area contributed by atoms with Gasteiger partial charge in [0.05, 0.1) is 25.2 Å². The zero-order chi connectivity index (χ0) is 26.5. The quantitative estimate of drug-likeness (QED) is 0.402. The summed E-state index contributed by atoms with van der Waals surface area (Å²) in [4.78, 5) is 17.8. The number of sulfonamides is 1. The van der Waals surface area contributed by atoms with Crippen molar-refractivity contribution in [1.29, 1.82) is 0 Å². The lowest BCUT2D eigenvalue weighted by atomic mass is 10.1. The van der Waals surface area contributed by atoms with E-state index in [0.29, 0.717) is 37.4 Å². The van der Waals surface area contributed by atoms with Gasteiger partial charge in [0.15, 0.2) is 0 Å². The number of hydrogen-bond donors (Lipinski definition) is 2. The van der Waals surface area contributed by atoms with Crippen LogP contribution in [0, 0.1) is 5.82 Å². The highest BCUT2D eigenvalue weighted by Gasteiger charge is 2.33. The molecule has 0 radical (unpaired) electrons. The van der Waals surface area contributed by atoms with E-state index in [4.69, 9.17) is 4.74 Å². The zero-order valence-corrected chi connectivity index (χ0v) is 20.0. The van der Waals surface area contributed by atoms with Gasteiger partial charge in [0.1, 0.15) is 17.3 Å². The van der Waals surface area contributed by atoms with Crippen molar-refractivity contribution < 1.29 is 35.5 Å². The Morgan fingerprint density at radius 3 is 2.53 bits per heavy atom. The van der Waals surface area contributed by atoms with Gasteiger partial charge in [0, 0.05) is 36.8 Å². The van der Waals surface area contributed by atoms with E-state index in [9.17, 15) is 30.8 Å². The number of nitrogens with one attached hydrogen (secondary N) is 2. The van der Waals surface area contributed by atoms with Gasteiger partial charge in [0.2, 0.25) is 15.9 Å². The highest BCUT2D eigenvalue weighted by atomic mass is 32.2. The third-order valence-electron chi connectivity index (χ3n) is 5.08. The summed E-state index contributed by atoms with van der Waals surface area (Å²) in [5, 5.41) is 2.55. The van der Waals surface area contributed by atoms with E-state index in [1.165, 1.54) is 24.3 Å². The van der Waals surface area contributed by atoms with Crippen molar-refractivity contribution in [3.63, 3.8) is 0 Å². The lowest BCUT2D eigenvalue weighted by molar-refractivity contribution is -0.141. The van der Waals surface area contributed by atoms with Gasteiger partial charge >= 0.3 is 6.18 Å². The number of hydrogen-bond acceptors (Lipinski definition) is 6. The molecule has 13 heteroatoms. The molecule has 0 atom stereocenters. The van der Waals surface area contributed by atoms with E-state index >= 15 is 0 Å². The molecule has 1 aromatic carbocycles. The lowest BCUT2D eigenvalue weighted by Gasteiger charge is -2.29. The Morgan fingerprint density at radius 1 is 1.22 bits per heavy atom. The van der Waals surface area contributed by atoms with Crippen LogP contribution in [0.2, 0.25) is 0 Å². The molecule has 0 aliphatic carbocycles. The average Bonchev–Trinajstić information content (AvgIpc) is 2.82. The van der Waals surface area contributed by atoms with Gasteiger partial charge < -0.3 is 15.0 Å². The van der Waals surface area contributed by atoms with Gasteiger partial charge in [-0.1, -0.05) is 12.7 Å². The van der Waals surface area contributed by atoms with Crippen LogP contribution in [-0.4, -0.2) is 51.9 Å². The molecule has 0 spiro atoms. The molecule has 1 fully saturated rings. The third kappa shape index (κ3) is 7.28. The zero-order valence-electron chi connectivity index (χ0n) is 19.2. The Bertz CT molecular complexity index is 1270. The number of aromatic nitrogens is 1. The normalized spacial score (nSPS) is 14.6. The van der Waals surface area contributed by atoms with Gasteiger partial charge in [-0.05, 0) is 35.9 Å². The molecule has 2 N–H and O–H groups in total. The van der Waals surface area contributed by atoms with Crippen LogP contribution in [0.3, 0.4) is 0 Å². The SMILES string of the molecule is C=Cc1cc(CNC(=O)/C=C/c2ccc(C(F)(F)F)nc2N2CCOCC2)cc(F)c1NS(C)(=O)=O. The molecule has 194 valence electrons. The van der Waals surface area contributed by atoms with E-state index in [0.717, 1.165) is 24.5 Å². The monoisotopic (exact) mass is 528 g/mol. The van der Waals surface area contributed by atoms with Gasteiger partial charge in [-0.3, -0.25) is 9.52 Å². The van der Waals surface area contributed by atoms with E-state index in [-0.39, 0.29) is 23.6 Å². The Kier molecular flexibility index (Phi) is 8.35. The standard InChI is InChI=1S/C23H24F4N4O4S/c1-3-16-12-15(13-18(24)21(16)30-36(2,33)34)14-28-20(32)7-5-17-4-6-19(23(25,26)27)29-22(17)31-8-10-35-11-9-31/h3-7,12-13,30H,1,8-11,14H2,2H3,(H,28,32)/b7-5+. The summed E-state index contributed by atoms with van der Waals surface area (Å²) in [6.07, 6.45) is 0.0242. The molecule has 36 heavy (non-hydrogen) atoms.